The number of amides is 1. The molecule has 1 saturated heterocycles. The monoisotopic (exact) mass is 368 g/mol. The minimum atomic E-state index is 0.0476. The Kier molecular flexibility index (Phi) is 4.80. The van der Waals surface area contributed by atoms with Crippen LogP contribution in [0, 0.1) is 17.2 Å². The van der Waals surface area contributed by atoms with Crippen molar-refractivity contribution in [2.45, 2.75) is 25.7 Å². The van der Waals surface area contributed by atoms with E-state index in [1.54, 1.807) is 0 Å². The molecule has 1 amide bonds. The number of fused-ring (bicyclic) bond motifs is 2. The molecule has 1 atom stereocenters. The topological polar surface area (TPSA) is 69.0 Å². The number of hydrogen-bond donors (Lipinski definition) is 1. The first kappa shape index (κ1) is 17.3. The fourth-order valence-corrected chi connectivity index (χ4v) is 4.31. The Bertz CT molecular complexity index is 899. The third kappa shape index (κ3) is 3.15. The van der Waals surface area contributed by atoms with Gasteiger partial charge in [-0.2, -0.15) is 5.26 Å². The van der Waals surface area contributed by atoms with Crippen LogP contribution in [0.15, 0.2) is 18.2 Å². The Morgan fingerprint density at radius 3 is 2.96 bits per heavy atom. The smallest absolute Gasteiger partial charge is 0.254 e. The zero-order valence-corrected chi connectivity index (χ0v) is 15.4. The summed E-state index contributed by atoms with van der Waals surface area (Å²) in [6.07, 6.45) is 3.19. The Morgan fingerprint density at radius 2 is 2.19 bits per heavy atom. The lowest BCUT2D eigenvalue weighted by Gasteiger charge is -2.27. The van der Waals surface area contributed by atoms with Crippen LogP contribution in [-0.2, 0) is 12.8 Å². The van der Waals surface area contributed by atoms with Gasteiger partial charge in [-0.1, -0.05) is 17.7 Å². The molecule has 1 aliphatic carbocycles. The minimum absolute atomic E-state index is 0.0476. The Hall–Kier alpha value is -2.16. The van der Waals surface area contributed by atoms with E-state index >= 15 is 0 Å². The number of aromatic nitrogens is 1. The molecule has 26 heavy (non-hydrogen) atoms. The van der Waals surface area contributed by atoms with Crippen molar-refractivity contribution < 1.29 is 4.79 Å². The van der Waals surface area contributed by atoms with Crippen molar-refractivity contribution in [2.24, 2.45) is 5.92 Å². The fraction of sp³-hybridized carbons (Fsp3) is 0.450. The van der Waals surface area contributed by atoms with Crippen molar-refractivity contribution in [3.05, 3.63) is 40.0 Å². The lowest BCUT2D eigenvalue weighted by Crippen LogP contribution is -2.46. The van der Waals surface area contributed by atoms with E-state index in [4.69, 9.17) is 21.8 Å². The van der Waals surface area contributed by atoms with Gasteiger partial charge in [0.05, 0.1) is 16.6 Å². The normalized spacial score (nSPS) is 19.8. The van der Waals surface area contributed by atoms with Crippen LogP contribution in [-0.4, -0.2) is 42.0 Å². The maximum atomic E-state index is 12.8. The molecule has 1 unspecified atom stereocenters. The van der Waals surface area contributed by atoms with Gasteiger partial charge < -0.3 is 10.2 Å². The summed E-state index contributed by atoms with van der Waals surface area (Å²) in [4.78, 5) is 19.5. The molecule has 0 spiro atoms. The molecule has 2 aromatic rings. The number of halogens is 1. The highest BCUT2D eigenvalue weighted by molar-refractivity contribution is 6.36. The summed E-state index contributed by atoms with van der Waals surface area (Å²) >= 11 is 6.66. The molecular weight excluding hydrogens is 348 g/mol. The second kappa shape index (κ2) is 7.22. The van der Waals surface area contributed by atoms with Gasteiger partial charge in [0.15, 0.2) is 0 Å². The van der Waals surface area contributed by atoms with Crippen LogP contribution in [0.4, 0.5) is 0 Å². The van der Waals surface area contributed by atoms with Crippen molar-refractivity contribution in [2.75, 3.05) is 26.2 Å². The van der Waals surface area contributed by atoms with E-state index in [1.165, 1.54) is 0 Å². The summed E-state index contributed by atoms with van der Waals surface area (Å²) < 4.78 is 0. The van der Waals surface area contributed by atoms with E-state index in [0.717, 1.165) is 72.6 Å². The third-order valence-corrected chi connectivity index (χ3v) is 5.85. The van der Waals surface area contributed by atoms with Crippen molar-refractivity contribution in [3.63, 3.8) is 0 Å². The van der Waals surface area contributed by atoms with Gasteiger partial charge in [0, 0.05) is 49.2 Å². The molecule has 2 heterocycles. The predicted octanol–water partition coefficient (Wildman–Crippen LogP) is 2.95. The molecule has 134 valence electrons. The summed E-state index contributed by atoms with van der Waals surface area (Å²) in [6, 6.07) is 7.90. The summed E-state index contributed by atoms with van der Waals surface area (Å²) in [5, 5.41) is 13.9. The molecule has 6 heteroatoms. The summed E-state index contributed by atoms with van der Waals surface area (Å²) in [6.45, 7) is 3.12. The molecule has 0 radical (unpaired) electrons. The second-order valence-electron chi connectivity index (χ2n) is 7.10. The number of piperazine rings is 1. The van der Waals surface area contributed by atoms with Crippen LogP contribution >= 0.6 is 11.6 Å². The Balaban J connectivity index is 1.69. The number of carbonyl (C=O) groups is 1. The minimum Gasteiger partial charge on any atom is -0.336 e. The molecule has 1 aromatic heterocycles. The van der Waals surface area contributed by atoms with E-state index in [0.29, 0.717) is 17.9 Å². The van der Waals surface area contributed by atoms with Gasteiger partial charge in [-0.15, -0.1) is 0 Å². The fourth-order valence-electron chi connectivity index (χ4n) is 3.95. The van der Waals surface area contributed by atoms with Gasteiger partial charge in [-0.3, -0.25) is 9.78 Å². The van der Waals surface area contributed by atoms with Gasteiger partial charge >= 0.3 is 0 Å². The first-order chi connectivity index (χ1) is 12.7. The number of hydrogen-bond acceptors (Lipinski definition) is 4. The molecule has 1 N–H and O–H groups in total. The average molecular weight is 369 g/mol. The molecule has 0 saturated carbocycles. The highest BCUT2D eigenvalue weighted by atomic mass is 35.5. The number of nitrogens with zero attached hydrogens (tertiary/aromatic N) is 3. The number of carbonyl (C=O) groups excluding carboxylic acids is 1. The highest BCUT2D eigenvalue weighted by Gasteiger charge is 2.24. The van der Waals surface area contributed by atoms with Gasteiger partial charge in [0.2, 0.25) is 0 Å². The first-order valence-electron chi connectivity index (χ1n) is 9.15. The zero-order chi connectivity index (χ0) is 18.1. The van der Waals surface area contributed by atoms with Gasteiger partial charge in [0.1, 0.15) is 0 Å². The Morgan fingerprint density at radius 1 is 1.38 bits per heavy atom. The van der Waals surface area contributed by atoms with E-state index < -0.39 is 0 Å². The first-order valence-corrected chi connectivity index (χ1v) is 9.53. The van der Waals surface area contributed by atoms with E-state index in [9.17, 15) is 4.79 Å². The van der Waals surface area contributed by atoms with Crippen LogP contribution in [0.3, 0.4) is 0 Å². The van der Waals surface area contributed by atoms with Gasteiger partial charge in [-0.05, 0) is 42.9 Å². The summed E-state index contributed by atoms with van der Waals surface area (Å²) in [5.74, 6) is 0.394. The predicted molar refractivity (Wildman–Crippen MR) is 101 cm³/mol. The summed E-state index contributed by atoms with van der Waals surface area (Å²) in [5.41, 5.74) is 3.52. The SMILES string of the molecule is N#CCC1CCc2c(nc3cc(C(=O)N4CCNCC4)ccc3c2Cl)C1. The van der Waals surface area contributed by atoms with Gasteiger partial charge in [-0.25, -0.2) is 0 Å². The quantitative estimate of drug-likeness (QED) is 0.884. The molecule has 5 nitrogen and oxygen atoms in total. The van der Waals surface area contributed by atoms with E-state index in [2.05, 4.69) is 11.4 Å². The lowest BCUT2D eigenvalue weighted by atomic mass is 9.84. The van der Waals surface area contributed by atoms with Crippen molar-refractivity contribution >= 4 is 28.4 Å². The van der Waals surface area contributed by atoms with Crippen molar-refractivity contribution in [1.29, 1.82) is 5.26 Å². The van der Waals surface area contributed by atoms with Crippen LogP contribution in [0.5, 0.6) is 0 Å². The number of benzene rings is 1. The number of nitriles is 1. The number of nitrogens with one attached hydrogen (secondary N) is 1. The maximum Gasteiger partial charge on any atom is 0.254 e. The van der Waals surface area contributed by atoms with E-state index in [-0.39, 0.29) is 5.91 Å². The van der Waals surface area contributed by atoms with Crippen molar-refractivity contribution in [3.8, 4) is 6.07 Å². The lowest BCUT2D eigenvalue weighted by molar-refractivity contribution is 0.0736. The number of pyridine rings is 1. The molecule has 2 aliphatic rings. The Labute approximate surface area is 158 Å². The average Bonchev–Trinajstić information content (AvgIpc) is 2.68. The van der Waals surface area contributed by atoms with Crippen LogP contribution in [0.2, 0.25) is 5.02 Å². The maximum absolute atomic E-state index is 12.8. The second-order valence-corrected chi connectivity index (χ2v) is 7.47. The van der Waals surface area contributed by atoms with Crippen LogP contribution in [0.1, 0.15) is 34.5 Å². The molecule has 4 rings (SSSR count). The molecule has 1 aliphatic heterocycles. The van der Waals surface area contributed by atoms with Crippen LogP contribution in [0.25, 0.3) is 10.9 Å². The van der Waals surface area contributed by atoms with E-state index in [1.807, 2.05) is 23.1 Å². The van der Waals surface area contributed by atoms with Gasteiger partial charge in [0.25, 0.3) is 5.91 Å². The molecule has 0 bridgehead atoms. The van der Waals surface area contributed by atoms with Crippen molar-refractivity contribution in [1.82, 2.24) is 15.2 Å². The molecule has 1 fully saturated rings. The highest BCUT2D eigenvalue weighted by Crippen LogP contribution is 2.35. The number of rotatable bonds is 2. The third-order valence-electron chi connectivity index (χ3n) is 5.42. The van der Waals surface area contributed by atoms with Crippen LogP contribution < -0.4 is 5.32 Å². The zero-order valence-electron chi connectivity index (χ0n) is 14.6. The largest absolute Gasteiger partial charge is 0.336 e. The molecule has 1 aromatic carbocycles. The molecular formula is C20H21ClN4O. The standard InChI is InChI=1S/C20H21ClN4O/c21-19-15-3-1-13(5-6-22)11-17(15)24-18-12-14(2-4-16(18)19)20(26)25-9-7-23-8-10-25/h2,4,12-13,23H,1,3,5,7-11H2. The summed E-state index contributed by atoms with van der Waals surface area (Å²) in [7, 11) is 0.